The van der Waals surface area contributed by atoms with Crippen LogP contribution in [0.1, 0.15) is 107 Å². The van der Waals surface area contributed by atoms with E-state index in [0.717, 1.165) is 0 Å². The molecule has 2 rings (SSSR count). The third-order valence-corrected chi connectivity index (χ3v) is 11.6. The monoisotopic (exact) mass is 1040 g/mol. The van der Waals surface area contributed by atoms with Crippen LogP contribution in [0.15, 0.2) is 25.3 Å². The van der Waals surface area contributed by atoms with Gasteiger partial charge in [-0.15, -0.1) is 13.2 Å². The molecule has 0 bridgehead atoms. The highest BCUT2D eigenvalue weighted by atomic mass is 35.6. The minimum absolute atomic E-state index is 0.316. The predicted octanol–water partition coefficient (Wildman–Crippen LogP) is 4.34. The molecule has 0 spiro atoms. The average molecular weight is 1040 g/mol. The van der Waals surface area contributed by atoms with Crippen molar-refractivity contribution in [3.63, 3.8) is 0 Å². The van der Waals surface area contributed by atoms with Crippen molar-refractivity contribution < 1.29 is 67.1 Å². The maximum atomic E-state index is 13.0. The lowest BCUT2D eigenvalue weighted by Crippen LogP contribution is -2.60. The fourth-order valence-corrected chi connectivity index (χ4v) is 7.30. The van der Waals surface area contributed by atoms with Crippen molar-refractivity contribution in [2.75, 3.05) is 33.9 Å². The highest BCUT2D eigenvalue weighted by Crippen LogP contribution is 2.26. The molecule has 394 valence electrons. The fourth-order valence-electron chi connectivity index (χ4n) is 7.14. The summed E-state index contributed by atoms with van der Waals surface area (Å²) < 4.78 is 25.1. The first-order chi connectivity index (χ1) is 32.2. The molecule has 2 saturated heterocycles. The van der Waals surface area contributed by atoms with E-state index in [1.165, 1.54) is 38.1 Å². The molecule has 0 saturated carbocycles. The Balaban J connectivity index is 0.000000697. The van der Waals surface area contributed by atoms with Crippen LogP contribution in [0.3, 0.4) is 0 Å². The van der Waals surface area contributed by atoms with Crippen LogP contribution in [0.5, 0.6) is 0 Å². The largest absolute Gasteiger partial charge is 0.480 e. The van der Waals surface area contributed by atoms with E-state index in [0.29, 0.717) is 64.5 Å². The molecular formula is C46H75Cl3N6O14. The van der Waals surface area contributed by atoms with Crippen LogP contribution in [0.2, 0.25) is 0 Å². The summed E-state index contributed by atoms with van der Waals surface area (Å²) in [5, 5.41) is 16.8. The Bertz CT molecular complexity index is 1740. The Morgan fingerprint density at radius 1 is 0.681 bits per heavy atom. The molecule has 2 aliphatic rings. The van der Waals surface area contributed by atoms with Crippen LogP contribution >= 0.6 is 34.8 Å². The topological polar surface area (TPSA) is 258 Å². The van der Waals surface area contributed by atoms with Gasteiger partial charge in [-0.1, -0.05) is 74.6 Å². The summed E-state index contributed by atoms with van der Waals surface area (Å²) in [4.78, 5) is 100. The number of nitrogens with zero attached hydrogens (tertiary/aromatic N) is 2. The molecule has 5 N–H and O–H groups in total. The molecule has 69 heavy (non-hydrogen) atoms. The van der Waals surface area contributed by atoms with Crippen molar-refractivity contribution >= 4 is 82.3 Å². The standard InChI is InChI=1S/C24H38Cl3N3O7.C22H37N3O7/c1-7-8-11-18(35-6)15(4)22(33)37-19(14(2)3)20(31)28-16(5)21(32)30-12-9-10-17(29-30)23(34)36-13-24(25,26)27;1-7-8-11-17(31-6)14(4)22(30)32-18(13(2)3)19(26)23-15(5)20(27)25-12-9-10-16(24-25)21(28)29/h7,14-19,29H,1,8-13H2,2-6H3,(H,28,31);7,13-18,24H,1,8-12H2,2-6H3,(H,23,26)(H,28,29)/t15-,16+,17+,18-,19+;14-,15+,16+,17-,18+/m11/s1. The lowest BCUT2D eigenvalue weighted by atomic mass is 9.99. The molecule has 4 amide bonds. The lowest BCUT2D eigenvalue weighted by Gasteiger charge is -2.34. The zero-order valence-corrected chi connectivity index (χ0v) is 43.8. The molecule has 0 unspecified atom stereocenters. The number of alkyl halides is 3. The van der Waals surface area contributed by atoms with Crippen LogP contribution in [0.25, 0.3) is 0 Å². The van der Waals surface area contributed by atoms with Gasteiger partial charge in [-0.3, -0.25) is 48.4 Å². The number of hydrogen-bond acceptors (Lipinski definition) is 15. The Kier molecular flexibility index (Phi) is 28.6. The normalized spacial score (nSPS) is 19.7. The van der Waals surface area contributed by atoms with Crippen molar-refractivity contribution in [1.82, 2.24) is 31.5 Å². The SMILES string of the molecule is C=CCC[C@@H](OC)[C@@H](C)C(=O)O[C@H](C(=O)N[C@@H](C)C(=O)N1CCC[C@@H](C(=O)O)N1)C(C)C.C=CCC[C@@H](OC)[C@@H](C)C(=O)O[C@H](C(=O)N[C@@H](C)C(=O)N1CCC[C@@H](C(=O)OCC(Cl)(Cl)Cl)N1)C(C)C. The van der Waals surface area contributed by atoms with Gasteiger partial charge in [0.15, 0.2) is 12.2 Å². The molecule has 2 heterocycles. The summed E-state index contributed by atoms with van der Waals surface area (Å²) in [5.74, 6) is -6.83. The fraction of sp³-hybridized carbons (Fsp3) is 0.739. The van der Waals surface area contributed by atoms with E-state index in [1.54, 1.807) is 53.7 Å². The first kappa shape index (κ1) is 63.0. The molecule has 23 heteroatoms. The maximum absolute atomic E-state index is 13.0. The van der Waals surface area contributed by atoms with Gasteiger partial charge in [0, 0.05) is 27.3 Å². The van der Waals surface area contributed by atoms with Crippen molar-refractivity contribution in [2.45, 2.75) is 159 Å². The number of halogens is 3. The molecule has 20 nitrogen and oxygen atoms in total. The molecule has 0 aromatic heterocycles. The summed E-state index contributed by atoms with van der Waals surface area (Å²) in [6.07, 6.45) is 4.93. The van der Waals surface area contributed by atoms with Crippen LogP contribution < -0.4 is 21.5 Å². The number of methoxy groups -OCH3 is 2. The summed E-state index contributed by atoms with van der Waals surface area (Å²) in [6.45, 7) is 20.9. The first-order valence-electron chi connectivity index (χ1n) is 23.1. The van der Waals surface area contributed by atoms with E-state index >= 15 is 0 Å². The lowest BCUT2D eigenvalue weighted by molar-refractivity contribution is -0.166. The van der Waals surface area contributed by atoms with Gasteiger partial charge < -0.3 is 39.4 Å². The number of hydrazine groups is 2. The molecule has 0 radical (unpaired) electrons. The Morgan fingerprint density at radius 3 is 1.39 bits per heavy atom. The highest BCUT2D eigenvalue weighted by molar-refractivity contribution is 6.67. The zero-order chi connectivity index (χ0) is 52.8. The van der Waals surface area contributed by atoms with Crippen molar-refractivity contribution in [3.8, 4) is 0 Å². The Morgan fingerprint density at radius 2 is 1.06 bits per heavy atom. The van der Waals surface area contributed by atoms with Crippen molar-refractivity contribution in [3.05, 3.63) is 25.3 Å². The number of hydrogen-bond donors (Lipinski definition) is 5. The van der Waals surface area contributed by atoms with Crippen LogP contribution in [-0.2, 0) is 62.0 Å². The second kappa shape index (κ2) is 31.3. The number of rotatable bonds is 25. The molecule has 0 aliphatic carbocycles. The molecular weight excluding hydrogens is 967 g/mol. The summed E-state index contributed by atoms with van der Waals surface area (Å²) in [5.41, 5.74) is 5.47. The number of allylic oxidation sites excluding steroid dienone is 2. The molecule has 2 fully saturated rings. The van der Waals surface area contributed by atoms with E-state index in [1.807, 2.05) is 0 Å². The zero-order valence-electron chi connectivity index (χ0n) is 41.6. The number of aliphatic carboxylic acids is 1. The minimum Gasteiger partial charge on any atom is -0.480 e. The van der Waals surface area contributed by atoms with Gasteiger partial charge in [0.25, 0.3) is 23.6 Å². The number of carbonyl (C=O) groups excluding carboxylic acids is 7. The quantitative estimate of drug-likeness (QED) is 0.0369. The van der Waals surface area contributed by atoms with Gasteiger partial charge in [0.1, 0.15) is 30.8 Å². The third kappa shape index (κ3) is 21.9. The Labute approximate surface area is 421 Å². The van der Waals surface area contributed by atoms with Crippen LogP contribution in [0, 0.1) is 23.7 Å². The van der Waals surface area contributed by atoms with E-state index in [-0.39, 0.29) is 24.0 Å². The predicted molar refractivity (Wildman–Crippen MR) is 258 cm³/mol. The summed E-state index contributed by atoms with van der Waals surface area (Å²) in [6, 6.07) is -3.56. The van der Waals surface area contributed by atoms with Crippen LogP contribution in [0.4, 0.5) is 0 Å². The van der Waals surface area contributed by atoms with Gasteiger partial charge in [0.2, 0.25) is 3.79 Å². The number of carboxylic acids is 1. The summed E-state index contributed by atoms with van der Waals surface area (Å²) in [7, 11) is 3.03. The number of carbonyl (C=O) groups is 8. The average Bonchev–Trinajstić information content (AvgIpc) is 3.30. The van der Waals surface area contributed by atoms with Crippen molar-refractivity contribution in [2.24, 2.45) is 23.7 Å². The summed E-state index contributed by atoms with van der Waals surface area (Å²) >= 11 is 16.8. The molecule has 2 aliphatic heterocycles. The number of carboxylic acid groups (broad SMARTS) is 1. The first-order valence-corrected chi connectivity index (χ1v) is 24.3. The van der Waals surface area contributed by atoms with Gasteiger partial charge in [-0.2, -0.15) is 0 Å². The highest BCUT2D eigenvalue weighted by Gasteiger charge is 2.38. The van der Waals surface area contributed by atoms with E-state index in [2.05, 4.69) is 34.6 Å². The third-order valence-electron chi connectivity index (χ3n) is 11.3. The Hall–Kier alpha value is -4.05. The van der Waals surface area contributed by atoms with E-state index in [9.17, 15) is 38.4 Å². The second-order valence-corrected chi connectivity index (χ2v) is 20.2. The second-order valence-electron chi connectivity index (χ2n) is 17.7. The smallest absolute Gasteiger partial charge is 0.325 e. The van der Waals surface area contributed by atoms with Gasteiger partial charge in [-0.25, -0.2) is 10.9 Å². The van der Waals surface area contributed by atoms with Gasteiger partial charge in [-0.05, 0) is 90.9 Å². The minimum atomic E-state index is -1.75. The van der Waals surface area contributed by atoms with Gasteiger partial charge >= 0.3 is 23.9 Å². The number of ether oxygens (including phenoxy) is 5. The van der Waals surface area contributed by atoms with E-state index in [4.69, 9.17) is 63.6 Å². The maximum Gasteiger partial charge on any atom is 0.325 e. The number of nitrogens with one attached hydrogen (secondary N) is 4. The number of amides is 4. The van der Waals surface area contributed by atoms with E-state index < -0.39 is 106 Å². The number of esters is 3. The van der Waals surface area contributed by atoms with Crippen molar-refractivity contribution in [1.29, 1.82) is 0 Å². The molecule has 10 atom stereocenters. The van der Waals surface area contributed by atoms with Crippen LogP contribution in [-0.4, -0.2) is 149 Å². The molecule has 0 aromatic carbocycles. The van der Waals surface area contributed by atoms with Gasteiger partial charge in [0.05, 0.1) is 24.0 Å². The molecule has 0 aromatic rings.